The maximum atomic E-state index is 14.9. The van der Waals surface area contributed by atoms with Crippen LogP contribution in [0.25, 0.3) is 11.0 Å². The summed E-state index contributed by atoms with van der Waals surface area (Å²) in [5, 5.41) is 14.0. The number of ether oxygens (including phenoxy) is 3. The molecular weight excluding hydrogens is 453 g/mol. The fourth-order valence-corrected chi connectivity index (χ4v) is 4.96. The average molecular weight is 475 g/mol. The Morgan fingerprint density at radius 1 is 1.17 bits per heavy atom. The van der Waals surface area contributed by atoms with E-state index in [1.54, 1.807) is 24.3 Å². The molecule has 2 heterocycles. The Hall–Kier alpha value is -4.07. The van der Waals surface area contributed by atoms with E-state index in [0.717, 1.165) is 22.2 Å². The molecule has 35 heavy (non-hydrogen) atoms. The van der Waals surface area contributed by atoms with Gasteiger partial charge in [-0.1, -0.05) is 11.2 Å². The standard InChI is InChI=1S/C27H22FNO6/c1-14-18-4-2-17(12-25(18)35-29-14)33-22-9-7-21(28)27-20(22)6-8-23(27)34-16-3-5-19-15(10-26(30)31)13-32-24(19)11-16/h2-5,7,9,11-12,15,23H,6,8,10,13H2,1H3,(H,30,31)/t15?,23-/m1/s1. The number of carbonyl (C=O) groups is 1. The Balaban J connectivity index is 1.24. The molecule has 4 aromatic rings. The number of hydrogen-bond acceptors (Lipinski definition) is 6. The van der Waals surface area contributed by atoms with Crippen molar-refractivity contribution in [3.05, 3.63) is 76.7 Å². The van der Waals surface area contributed by atoms with Gasteiger partial charge in [-0.05, 0) is 50.1 Å². The fraction of sp³-hybridized carbons (Fsp3) is 0.259. The minimum absolute atomic E-state index is 0.0141. The second kappa shape index (κ2) is 8.30. The van der Waals surface area contributed by atoms with Crippen LogP contribution < -0.4 is 14.2 Å². The van der Waals surface area contributed by atoms with Gasteiger partial charge in [-0.3, -0.25) is 4.79 Å². The van der Waals surface area contributed by atoms with Crippen molar-refractivity contribution in [3.8, 4) is 23.0 Å². The number of halogens is 1. The molecule has 6 rings (SSSR count). The number of aromatic nitrogens is 1. The molecule has 0 saturated heterocycles. The van der Waals surface area contributed by atoms with E-state index >= 15 is 0 Å². The van der Waals surface area contributed by atoms with E-state index in [9.17, 15) is 9.18 Å². The first-order valence-electron chi connectivity index (χ1n) is 11.5. The van der Waals surface area contributed by atoms with Crippen LogP contribution in [0.2, 0.25) is 0 Å². The summed E-state index contributed by atoms with van der Waals surface area (Å²) in [6.45, 7) is 2.20. The monoisotopic (exact) mass is 475 g/mol. The van der Waals surface area contributed by atoms with E-state index < -0.39 is 12.1 Å². The third-order valence-electron chi connectivity index (χ3n) is 6.66. The molecule has 0 bridgehead atoms. The summed E-state index contributed by atoms with van der Waals surface area (Å²) in [5.41, 5.74) is 3.56. The molecule has 0 saturated carbocycles. The molecule has 0 fully saturated rings. The maximum absolute atomic E-state index is 14.9. The summed E-state index contributed by atoms with van der Waals surface area (Å²) >= 11 is 0. The zero-order valence-electron chi connectivity index (χ0n) is 18.9. The number of hydrogen-bond donors (Lipinski definition) is 1. The van der Waals surface area contributed by atoms with Crippen molar-refractivity contribution in [2.24, 2.45) is 0 Å². The molecule has 1 N–H and O–H groups in total. The smallest absolute Gasteiger partial charge is 0.304 e. The lowest BCUT2D eigenvalue weighted by Crippen LogP contribution is -2.07. The number of nitrogens with zero attached hydrogens (tertiary/aromatic N) is 1. The van der Waals surface area contributed by atoms with Gasteiger partial charge in [-0.15, -0.1) is 0 Å². The molecule has 1 aliphatic heterocycles. The van der Waals surface area contributed by atoms with Crippen molar-refractivity contribution in [3.63, 3.8) is 0 Å². The number of aryl methyl sites for hydroxylation is 1. The average Bonchev–Trinajstić information content (AvgIpc) is 3.54. The van der Waals surface area contributed by atoms with Crippen molar-refractivity contribution in [1.82, 2.24) is 5.16 Å². The van der Waals surface area contributed by atoms with Crippen LogP contribution in [0.3, 0.4) is 0 Å². The van der Waals surface area contributed by atoms with Gasteiger partial charge >= 0.3 is 5.97 Å². The molecule has 2 aliphatic rings. The highest BCUT2D eigenvalue weighted by Gasteiger charge is 2.32. The number of carboxylic acids is 1. The molecule has 0 radical (unpaired) electrons. The molecule has 0 spiro atoms. The summed E-state index contributed by atoms with van der Waals surface area (Å²) in [6, 6.07) is 13.9. The van der Waals surface area contributed by atoms with Gasteiger partial charge in [0, 0.05) is 40.1 Å². The summed E-state index contributed by atoms with van der Waals surface area (Å²) in [7, 11) is 0. The molecule has 1 unspecified atom stereocenters. The number of rotatable bonds is 6. The SMILES string of the molecule is Cc1noc2cc(Oc3ccc(F)c4c3CC[C@H]4Oc3ccc4c(c3)OCC4CC(=O)O)ccc12. The third kappa shape index (κ3) is 3.84. The van der Waals surface area contributed by atoms with Gasteiger partial charge in [0.1, 0.15) is 34.9 Å². The van der Waals surface area contributed by atoms with Crippen LogP contribution in [-0.4, -0.2) is 22.8 Å². The molecule has 8 heteroatoms. The van der Waals surface area contributed by atoms with E-state index in [0.29, 0.717) is 53.6 Å². The summed E-state index contributed by atoms with van der Waals surface area (Å²) in [4.78, 5) is 11.1. The van der Waals surface area contributed by atoms with Crippen molar-refractivity contribution in [2.45, 2.75) is 38.2 Å². The second-order valence-corrected chi connectivity index (χ2v) is 8.92. The Bertz CT molecular complexity index is 1460. The van der Waals surface area contributed by atoms with Gasteiger partial charge < -0.3 is 23.8 Å². The van der Waals surface area contributed by atoms with E-state index in [2.05, 4.69) is 5.16 Å². The summed E-state index contributed by atoms with van der Waals surface area (Å²) in [6.07, 6.45) is 0.758. The highest BCUT2D eigenvalue weighted by atomic mass is 19.1. The van der Waals surface area contributed by atoms with Crippen molar-refractivity contribution >= 4 is 16.9 Å². The van der Waals surface area contributed by atoms with Gasteiger partial charge in [-0.2, -0.15) is 0 Å². The number of carboxylic acid groups (broad SMARTS) is 1. The van der Waals surface area contributed by atoms with Crippen LogP contribution in [0.4, 0.5) is 4.39 Å². The largest absolute Gasteiger partial charge is 0.492 e. The normalized spacial score (nSPS) is 18.2. The molecule has 2 atom stereocenters. The van der Waals surface area contributed by atoms with Crippen LogP contribution in [0.5, 0.6) is 23.0 Å². The highest BCUT2D eigenvalue weighted by molar-refractivity contribution is 5.80. The molecule has 7 nitrogen and oxygen atoms in total. The molecule has 1 aliphatic carbocycles. The lowest BCUT2D eigenvalue weighted by atomic mass is 9.98. The lowest BCUT2D eigenvalue weighted by Gasteiger charge is -2.17. The zero-order valence-corrected chi connectivity index (χ0v) is 18.9. The van der Waals surface area contributed by atoms with E-state index in [4.69, 9.17) is 23.8 Å². The Morgan fingerprint density at radius 3 is 2.89 bits per heavy atom. The van der Waals surface area contributed by atoms with Crippen LogP contribution in [0.1, 0.15) is 47.2 Å². The topological polar surface area (TPSA) is 91.0 Å². The third-order valence-corrected chi connectivity index (χ3v) is 6.66. The fourth-order valence-electron chi connectivity index (χ4n) is 4.96. The molecular formula is C27H22FNO6. The van der Waals surface area contributed by atoms with E-state index in [1.165, 1.54) is 6.07 Å². The predicted octanol–water partition coefficient (Wildman–Crippen LogP) is 6.08. The first kappa shape index (κ1) is 21.5. The predicted molar refractivity (Wildman–Crippen MR) is 124 cm³/mol. The lowest BCUT2D eigenvalue weighted by molar-refractivity contribution is -0.137. The Kier molecular flexibility index (Phi) is 5.09. The van der Waals surface area contributed by atoms with Gasteiger partial charge in [0.2, 0.25) is 0 Å². The maximum Gasteiger partial charge on any atom is 0.304 e. The van der Waals surface area contributed by atoms with Crippen molar-refractivity contribution in [2.75, 3.05) is 6.61 Å². The van der Waals surface area contributed by atoms with E-state index in [-0.39, 0.29) is 18.2 Å². The number of benzene rings is 3. The van der Waals surface area contributed by atoms with Crippen LogP contribution in [0.15, 0.2) is 53.1 Å². The first-order valence-corrected chi connectivity index (χ1v) is 11.5. The molecule has 3 aromatic carbocycles. The zero-order chi connectivity index (χ0) is 24.1. The Labute approximate surface area is 200 Å². The van der Waals surface area contributed by atoms with Crippen molar-refractivity contribution < 1.29 is 33.0 Å². The minimum atomic E-state index is -0.862. The van der Waals surface area contributed by atoms with Gasteiger partial charge in [-0.25, -0.2) is 4.39 Å². The molecule has 1 aromatic heterocycles. The van der Waals surface area contributed by atoms with Crippen LogP contribution in [0, 0.1) is 12.7 Å². The molecule has 178 valence electrons. The van der Waals surface area contributed by atoms with Gasteiger partial charge in [0.15, 0.2) is 5.58 Å². The quantitative estimate of drug-likeness (QED) is 0.361. The van der Waals surface area contributed by atoms with Gasteiger partial charge in [0.05, 0.1) is 18.7 Å². The van der Waals surface area contributed by atoms with E-state index in [1.807, 2.05) is 25.1 Å². The summed E-state index contributed by atoms with van der Waals surface area (Å²) < 4.78 is 38.2. The number of fused-ring (bicyclic) bond motifs is 3. The van der Waals surface area contributed by atoms with Gasteiger partial charge in [0.25, 0.3) is 0 Å². The van der Waals surface area contributed by atoms with Crippen molar-refractivity contribution in [1.29, 1.82) is 0 Å². The van der Waals surface area contributed by atoms with Crippen LogP contribution >= 0.6 is 0 Å². The number of aliphatic carboxylic acids is 1. The first-order chi connectivity index (χ1) is 17.0. The van der Waals surface area contributed by atoms with Crippen LogP contribution in [-0.2, 0) is 11.2 Å². The Morgan fingerprint density at radius 2 is 2.03 bits per heavy atom. The highest BCUT2D eigenvalue weighted by Crippen LogP contribution is 2.44. The summed E-state index contributed by atoms with van der Waals surface area (Å²) in [5.74, 6) is 0.946. The second-order valence-electron chi connectivity index (χ2n) is 8.92. The molecule has 0 amide bonds. The minimum Gasteiger partial charge on any atom is -0.492 e.